The fourth-order valence-corrected chi connectivity index (χ4v) is 4.54. The first-order valence-corrected chi connectivity index (χ1v) is 11.9. The standard InChI is InChI=1S/C26H24IN3O4/c1-3-12-34-26-20(27)13-17(14-23(26)33-2)15-28-29-24(31)16-30-21-10-6-4-8-18(21)25(32)19-9-5-7-11-22(19)30/h4-11,13-15H,3,12,16H2,1-2H3,(H,29,31)/b28-15+. The van der Waals surface area contributed by atoms with Crippen LogP contribution in [0.5, 0.6) is 11.5 Å². The SMILES string of the molecule is CCCOc1c(I)cc(/C=N/NC(=O)Cn2c3ccccc3c(=O)c3ccccc32)cc1OC. The number of hydrazone groups is 1. The number of para-hydroxylation sites is 2. The number of nitrogens with zero attached hydrogens (tertiary/aromatic N) is 2. The summed E-state index contributed by atoms with van der Waals surface area (Å²) < 4.78 is 14.0. The first-order valence-electron chi connectivity index (χ1n) is 10.9. The third-order valence-electron chi connectivity index (χ3n) is 5.29. The minimum Gasteiger partial charge on any atom is -0.493 e. The lowest BCUT2D eigenvalue weighted by atomic mass is 10.1. The van der Waals surface area contributed by atoms with Gasteiger partial charge in [0, 0.05) is 10.8 Å². The Morgan fingerprint density at radius 1 is 1.09 bits per heavy atom. The van der Waals surface area contributed by atoms with E-state index in [9.17, 15) is 9.59 Å². The number of rotatable bonds is 8. The molecule has 0 atom stereocenters. The molecule has 0 bridgehead atoms. The number of ether oxygens (including phenoxy) is 2. The predicted molar refractivity (Wildman–Crippen MR) is 143 cm³/mol. The number of hydrogen-bond donors (Lipinski definition) is 1. The van der Waals surface area contributed by atoms with Crippen LogP contribution in [0.2, 0.25) is 0 Å². The molecule has 1 amide bonds. The largest absolute Gasteiger partial charge is 0.493 e. The lowest BCUT2D eigenvalue weighted by Crippen LogP contribution is -2.25. The van der Waals surface area contributed by atoms with Crippen LogP contribution in [0, 0.1) is 3.57 Å². The molecule has 34 heavy (non-hydrogen) atoms. The van der Waals surface area contributed by atoms with E-state index in [2.05, 4.69) is 33.1 Å². The molecule has 0 radical (unpaired) electrons. The number of nitrogens with one attached hydrogen (secondary N) is 1. The minimum absolute atomic E-state index is 0.0172. The zero-order valence-electron chi connectivity index (χ0n) is 18.9. The predicted octanol–water partition coefficient (Wildman–Crippen LogP) is 4.71. The van der Waals surface area contributed by atoms with Crippen molar-refractivity contribution in [2.45, 2.75) is 19.9 Å². The third-order valence-corrected chi connectivity index (χ3v) is 6.09. The number of benzene rings is 3. The maximum atomic E-state index is 12.9. The van der Waals surface area contributed by atoms with E-state index in [0.29, 0.717) is 39.9 Å². The molecule has 4 aromatic rings. The molecule has 0 unspecified atom stereocenters. The van der Waals surface area contributed by atoms with Gasteiger partial charge >= 0.3 is 0 Å². The lowest BCUT2D eigenvalue weighted by Gasteiger charge is -2.14. The van der Waals surface area contributed by atoms with Crippen LogP contribution in [0.15, 0.2) is 70.6 Å². The normalized spacial score (nSPS) is 11.3. The number of amides is 1. The first kappa shape index (κ1) is 23.7. The quantitative estimate of drug-likeness (QED) is 0.144. The van der Waals surface area contributed by atoms with E-state index in [-0.39, 0.29) is 17.9 Å². The summed E-state index contributed by atoms with van der Waals surface area (Å²) in [7, 11) is 1.59. The van der Waals surface area contributed by atoms with Crippen molar-refractivity contribution in [1.29, 1.82) is 0 Å². The summed E-state index contributed by atoms with van der Waals surface area (Å²) in [6.45, 7) is 2.66. The highest BCUT2D eigenvalue weighted by Gasteiger charge is 2.13. The van der Waals surface area contributed by atoms with Gasteiger partial charge in [-0.2, -0.15) is 5.10 Å². The maximum absolute atomic E-state index is 12.9. The Hall–Kier alpha value is -3.40. The van der Waals surface area contributed by atoms with E-state index < -0.39 is 0 Å². The second-order valence-corrected chi connectivity index (χ2v) is 8.79. The van der Waals surface area contributed by atoms with E-state index in [4.69, 9.17) is 9.47 Å². The minimum atomic E-state index is -0.306. The molecule has 0 saturated carbocycles. The zero-order chi connectivity index (χ0) is 24.1. The Morgan fingerprint density at radius 2 is 1.74 bits per heavy atom. The monoisotopic (exact) mass is 569 g/mol. The van der Waals surface area contributed by atoms with Crippen LogP contribution in [-0.2, 0) is 11.3 Å². The first-order chi connectivity index (χ1) is 16.5. The molecule has 8 heteroatoms. The van der Waals surface area contributed by atoms with Crippen molar-refractivity contribution in [2.24, 2.45) is 5.10 Å². The molecule has 3 aromatic carbocycles. The smallest absolute Gasteiger partial charge is 0.260 e. The van der Waals surface area contributed by atoms with Gasteiger partial charge in [-0.1, -0.05) is 31.2 Å². The van der Waals surface area contributed by atoms with E-state index in [1.807, 2.05) is 60.0 Å². The number of carbonyl (C=O) groups excluding carboxylic acids is 1. The summed E-state index contributed by atoms with van der Waals surface area (Å²) >= 11 is 2.19. The number of methoxy groups -OCH3 is 1. The fraction of sp³-hybridized carbons (Fsp3) is 0.192. The van der Waals surface area contributed by atoms with E-state index in [0.717, 1.165) is 15.6 Å². The number of aromatic nitrogens is 1. The summed E-state index contributed by atoms with van der Waals surface area (Å²) in [6.07, 6.45) is 2.46. The second kappa shape index (κ2) is 10.7. The summed E-state index contributed by atoms with van der Waals surface area (Å²) in [6, 6.07) is 18.3. The van der Waals surface area contributed by atoms with Gasteiger partial charge < -0.3 is 14.0 Å². The van der Waals surface area contributed by atoms with Crippen LogP contribution in [0.25, 0.3) is 21.8 Å². The molecule has 1 aromatic heterocycles. The van der Waals surface area contributed by atoms with Gasteiger partial charge in [0.1, 0.15) is 6.54 Å². The molecule has 0 aliphatic rings. The Balaban J connectivity index is 1.57. The van der Waals surface area contributed by atoms with E-state index in [1.165, 1.54) is 0 Å². The van der Waals surface area contributed by atoms with Crippen molar-refractivity contribution in [1.82, 2.24) is 9.99 Å². The van der Waals surface area contributed by atoms with Crippen LogP contribution in [-0.4, -0.2) is 30.4 Å². The van der Waals surface area contributed by atoms with Gasteiger partial charge in [0.25, 0.3) is 5.91 Å². The number of halogens is 1. The number of carbonyl (C=O) groups is 1. The van der Waals surface area contributed by atoms with Crippen LogP contribution in [0.3, 0.4) is 0 Å². The van der Waals surface area contributed by atoms with Gasteiger partial charge in [-0.15, -0.1) is 0 Å². The Bertz CT molecular complexity index is 1390. The molecular formula is C26H24IN3O4. The summed E-state index contributed by atoms with van der Waals surface area (Å²) in [5.41, 5.74) is 4.71. The van der Waals surface area contributed by atoms with Gasteiger partial charge in [-0.3, -0.25) is 9.59 Å². The Morgan fingerprint density at radius 3 is 2.35 bits per heavy atom. The highest BCUT2D eigenvalue weighted by atomic mass is 127. The third kappa shape index (κ3) is 4.91. The maximum Gasteiger partial charge on any atom is 0.260 e. The van der Waals surface area contributed by atoms with Crippen molar-refractivity contribution >= 4 is 56.5 Å². The van der Waals surface area contributed by atoms with Crippen molar-refractivity contribution in [3.05, 3.63) is 80.0 Å². The van der Waals surface area contributed by atoms with Gasteiger partial charge in [0.05, 0.1) is 34.5 Å². The van der Waals surface area contributed by atoms with Crippen LogP contribution < -0.4 is 20.3 Å². The fourth-order valence-electron chi connectivity index (χ4n) is 3.76. The molecule has 0 fully saturated rings. The average molecular weight is 569 g/mol. The van der Waals surface area contributed by atoms with Crippen molar-refractivity contribution in [2.75, 3.05) is 13.7 Å². The van der Waals surface area contributed by atoms with Crippen LogP contribution in [0.1, 0.15) is 18.9 Å². The number of fused-ring (bicyclic) bond motifs is 2. The van der Waals surface area contributed by atoms with Crippen LogP contribution >= 0.6 is 22.6 Å². The van der Waals surface area contributed by atoms with Gasteiger partial charge in [0.2, 0.25) is 0 Å². The average Bonchev–Trinajstić information content (AvgIpc) is 2.85. The molecule has 0 spiro atoms. The number of pyridine rings is 1. The molecule has 174 valence electrons. The summed E-state index contributed by atoms with van der Waals surface area (Å²) in [5.74, 6) is 1.00. The highest BCUT2D eigenvalue weighted by Crippen LogP contribution is 2.33. The molecule has 1 N–H and O–H groups in total. The summed E-state index contributed by atoms with van der Waals surface area (Å²) in [4.78, 5) is 25.6. The number of hydrogen-bond acceptors (Lipinski definition) is 5. The molecule has 0 aliphatic heterocycles. The summed E-state index contributed by atoms with van der Waals surface area (Å²) in [5, 5.41) is 5.27. The second-order valence-electron chi connectivity index (χ2n) is 7.63. The van der Waals surface area contributed by atoms with Crippen molar-refractivity contribution < 1.29 is 14.3 Å². The van der Waals surface area contributed by atoms with Gasteiger partial charge in [0.15, 0.2) is 16.9 Å². The molecule has 0 saturated heterocycles. The van der Waals surface area contributed by atoms with Crippen molar-refractivity contribution in [3.63, 3.8) is 0 Å². The van der Waals surface area contributed by atoms with Crippen LogP contribution in [0.4, 0.5) is 0 Å². The molecule has 4 rings (SSSR count). The van der Waals surface area contributed by atoms with E-state index >= 15 is 0 Å². The molecule has 1 heterocycles. The molecular weight excluding hydrogens is 545 g/mol. The zero-order valence-corrected chi connectivity index (χ0v) is 21.0. The molecule has 0 aliphatic carbocycles. The van der Waals surface area contributed by atoms with E-state index in [1.54, 1.807) is 25.5 Å². The van der Waals surface area contributed by atoms with Crippen molar-refractivity contribution in [3.8, 4) is 11.5 Å². The highest BCUT2D eigenvalue weighted by molar-refractivity contribution is 14.1. The Kier molecular flexibility index (Phi) is 7.46. The van der Waals surface area contributed by atoms with Gasteiger partial charge in [-0.25, -0.2) is 5.43 Å². The topological polar surface area (TPSA) is 81.9 Å². The van der Waals surface area contributed by atoms with Gasteiger partial charge in [-0.05, 0) is 71.0 Å². The Labute approximate surface area is 210 Å². The molecule has 7 nitrogen and oxygen atoms in total. The lowest BCUT2D eigenvalue weighted by molar-refractivity contribution is -0.121.